The van der Waals surface area contributed by atoms with E-state index >= 15 is 0 Å². The fourth-order valence-corrected chi connectivity index (χ4v) is 3.91. The monoisotopic (exact) mass is 302 g/mol. The molecular formula is C18H38OS. The smallest absolute Gasteiger partial charge is 0.0468 e. The maximum absolute atomic E-state index is 5.25. The molecular weight excluding hydrogens is 264 g/mol. The Balaban J connectivity index is 0.000000321. The number of rotatable bonds is 2. The van der Waals surface area contributed by atoms with Gasteiger partial charge in [-0.05, 0) is 60.9 Å². The average molecular weight is 303 g/mol. The Labute approximate surface area is 132 Å². The topological polar surface area (TPSA) is 9.23 Å². The molecule has 20 heavy (non-hydrogen) atoms. The van der Waals surface area contributed by atoms with Gasteiger partial charge in [0.25, 0.3) is 0 Å². The molecule has 122 valence electrons. The lowest BCUT2D eigenvalue weighted by molar-refractivity contribution is 0.0523. The van der Waals surface area contributed by atoms with Gasteiger partial charge in [-0.2, -0.15) is 11.8 Å². The first-order valence-corrected chi connectivity index (χ1v) is 9.92. The van der Waals surface area contributed by atoms with Crippen LogP contribution in [0, 0.1) is 23.7 Å². The summed E-state index contributed by atoms with van der Waals surface area (Å²) in [6, 6.07) is 0. The molecule has 0 aromatic heterocycles. The van der Waals surface area contributed by atoms with Crippen molar-refractivity contribution in [1.29, 1.82) is 0 Å². The first-order chi connectivity index (χ1) is 9.61. The zero-order chi connectivity index (χ0) is 15.4. The molecule has 0 aromatic carbocycles. The molecule has 2 heteroatoms. The van der Waals surface area contributed by atoms with E-state index in [0.29, 0.717) is 0 Å². The summed E-state index contributed by atoms with van der Waals surface area (Å²) < 4.78 is 5.25. The van der Waals surface area contributed by atoms with Gasteiger partial charge in [0.15, 0.2) is 0 Å². The summed E-state index contributed by atoms with van der Waals surface area (Å²) >= 11 is 2.12. The molecule has 2 rings (SSSR count). The molecule has 2 saturated heterocycles. The first kappa shape index (κ1) is 20.3. The van der Waals surface area contributed by atoms with E-state index in [9.17, 15) is 0 Å². The predicted molar refractivity (Wildman–Crippen MR) is 94.6 cm³/mol. The Morgan fingerprint density at radius 3 is 1.45 bits per heavy atom. The van der Waals surface area contributed by atoms with E-state index in [1.165, 1.54) is 37.2 Å². The van der Waals surface area contributed by atoms with Crippen LogP contribution in [-0.2, 0) is 4.74 Å². The van der Waals surface area contributed by atoms with Crippen molar-refractivity contribution >= 4 is 11.8 Å². The van der Waals surface area contributed by atoms with Crippen LogP contribution in [0.5, 0.6) is 0 Å². The minimum Gasteiger partial charge on any atom is -0.381 e. The molecule has 0 amide bonds. The van der Waals surface area contributed by atoms with Crippen molar-refractivity contribution in [1.82, 2.24) is 0 Å². The Morgan fingerprint density at radius 1 is 0.750 bits per heavy atom. The molecule has 0 saturated carbocycles. The Morgan fingerprint density at radius 2 is 1.15 bits per heavy atom. The standard InChI is InChI=1S/C8H16O.C8H16S.C2H6/c2*1-7(2)8-3-5-9-6-4-8;1-2/h2*7-8H,3-6H2,1-2H3;1-2H3. The van der Waals surface area contributed by atoms with Crippen LogP contribution in [0.2, 0.25) is 0 Å². The molecule has 2 fully saturated rings. The van der Waals surface area contributed by atoms with Crippen molar-refractivity contribution in [3.63, 3.8) is 0 Å². The van der Waals surface area contributed by atoms with Crippen LogP contribution in [0.4, 0.5) is 0 Å². The molecule has 0 unspecified atom stereocenters. The summed E-state index contributed by atoms with van der Waals surface area (Å²) in [4.78, 5) is 0. The lowest BCUT2D eigenvalue weighted by Gasteiger charge is -2.24. The van der Waals surface area contributed by atoms with Crippen molar-refractivity contribution in [2.45, 2.75) is 67.2 Å². The molecule has 0 atom stereocenters. The summed E-state index contributed by atoms with van der Waals surface area (Å²) in [7, 11) is 0. The van der Waals surface area contributed by atoms with Crippen LogP contribution in [0.1, 0.15) is 67.2 Å². The maximum atomic E-state index is 5.25. The summed E-state index contributed by atoms with van der Waals surface area (Å²) in [5.74, 6) is 6.55. The van der Waals surface area contributed by atoms with Gasteiger partial charge in [0, 0.05) is 13.2 Å². The summed E-state index contributed by atoms with van der Waals surface area (Å²) in [6.45, 7) is 15.3. The SMILES string of the molecule is CC.CC(C)C1CCOCC1.CC(C)C1CCSCC1. The van der Waals surface area contributed by atoms with E-state index < -0.39 is 0 Å². The molecule has 0 aromatic rings. The van der Waals surface area contributed by atoms with Crippen molar-refractivity contribution in [2.24, 2.45) is 23.7 Å². The van der Waals surface area contributed by atoms with Gasteiger partial charge in [-0.25, -0.2) is 0 Å². The average Bonchev–Trinajstić information content (AvgIpc) is 2.51. The minimum absolute atomic E-state index is 0.855. The van der Waals surface area contributed by atoms with Crippen molar-refractivity contribution < 1.29 is 4.74 Å². The molecule has 2 aliphatic rings. The van der Waals surface area contributed by atoms with E-state index in [1.807, 2.05) is 13.8 Å². The highest BCUT2D eigenvalue weighted by Crippen LogP contribution is 2.28. The molecule has 0 radical (unpaired) electrons. The van der Waals surface area contributed by atoms with Gasteiger partial charge in [-0.3, -0.25) is 0 Å². The quantitative estimate of drug-likeness (QED) is 0.630. The normalized spacial score (nSPS) is 21.0. The number of hydrogen-bond acceptors (Lipinski definition) is 2. The third kappa shape index (κ3) is 9.28. The van der Waals surface area contributed by atoms with E-state index in [1.54, 1.807) is 0 Å². The minimum atomic E-state index is 0.855. The molecule has 0 spiro atoms. The van der Waals surface area contributed by atoms with Gasteiger partial charge in [0.2, 0.25) is 0 Å². The third-order valence-corrected chi connectivity index (χ3v) is 5.47. The highest BCUT2D eigenvalue weighted by Gasteiger charge is 2.16. The fraction of sp³-hybridized carbons (Fsp3) is 1.00. The van der Waals surface area contributed by atoms with Gasteiger partial charge in [-0.15, -0.1) is 0 Å². The second-order valence-corrected chi connectivity index (χ2v) is 7.61. The Hall–Kier alpha value is 0.310. The van der Waals surface area contributed by atoms with E-state index in [2.05, 4.69) is 39.5 Å². The van der Waals surface area contributed by atoms with Crippen LogP contribution >= 0.6 is 11.8 Å². The zero-order valence-corrected chi connectivity index (χ0v) is 15.6. The van der Waals surface area contributed by atoms with Crippen LogP contribution < -0.4 is 0 Å². The molecule has 1 nitrogen and oxygen atoms in total. The summed E-state index contributed by atoms with van der Waals surface area (Å²) in [5.41, 5.74) is 0. The predicted octanol–water partition coefficient (Wildman–Crippen LogP) is 5.88. The lowest BCUT2D eigenvalue weighted by atomic mass is 9.89. The Kier molecular flexibility index (Phi) is 13.2. The van der Waals surface area contributed by atoms with Crippen LogP contribution in [0.15, 0.2) is 0 Å². The highest BCUT2D eigenvalue weighted by molar-refractivity contribution is 7.99. The van der Waals surface area contributed by atoms with Gasteiger partial charge in [0.05, 0.1) is 0 Å². The van der Waals surface area contributed by atoms with Crippen LogP contribution in [0.3, 0.4) is 0 Å². The van der Waals surface area contributed by atoms with Crippen molar-refractivity contribution in [3.05, 3.63) is 0 Å². The van der Waals surface area contributed by atoms with Gasteiger partial charge < -0.3 is 4.74 Å². The van der Waals surface area contributed by atoms with Crippen molar-refractivity contribution in [2.75, 3.05) is 24.7 Å². The van der Waals surface area contributed by atoms with Crippen LogP contribution in [-0.4, -0.2) is 24.7 Å². The maximum Gasteiger partial charge on any atom is 0.0468 e. The number of thioether (sulfide) groups is 1. The van der Waals surface area contributed by atoms with E-state index in [0.717, 1.165) is 36.9 Å². The second-order valence-electron chi connectivity index (χ2n) is 6.39. The molecule has 2 aliphatic heterocycles. The fourth-order valence-electron chi connectivity index (χ4n) is 2.76. The molecule has 0 bridgehead atoms. The first-order valence-electron chi connectivity index (χ1n) is 8.76. The Bertz CT molecular complexity index is 170. The highest BCUT2D eigenvalue weighted by atomic mass is 32.2. The zero-order valence-electron chi connectivity index (χ0n) is 14.8. The van der Waals surface area contributed by atoms with E-state index in [4.69, 9.17) is 4.74 Å². The molecule has 0 N–H and O–H groups in total. The third-order valence-electron chi connectivity index (χ3n) is 4.42. The van der Waals surface area contributed by atoms with Crippen molar-refractivity contribution in [3.8, 4) is 0 Å². The molecule has 2 heterocycles. The largest absolute Gasteiger partial charge is 0.381 e. The van der Waals surface area contributed by atoms with Gasteiger partial charge in [-0.1, -0.05) is 41.5 Å². The lowest BCUT2D eigenvalue weighted by Crippen LogP contribution is -2.19. The summed E-state index contributed by atoms with van der Waals surface area (Å²) in [5, 5.41) is 0. The molecule has 0 aliphatic carbocycles. The van der Waals surface area contributed by atoms with Gasteiger partial charge >= 0.3 is 0 Å². The second kappa shape index (κ2) is 13.0. The number of ether oxygens (including phenoxy) is 1. The number of hydrogen-bond donors (Lipinski definition) is 0. The van der Waals surface area contributed by atoms with E-state index in [-0.39, 0.29) is 0 Å². The van der Waals surface area contributed by atoms with Gasteiger partial charge in [0.1, 0.15) is 0 Å². The van der Waals surface area contributed by atoms with Crippen LogP contribution in [0.25, 0.3) is 0 Å². The summed E-state index contributed by atoms with van der Waals surface area (Å²) in [6.07, 6.45) is 5.47.